The Morgan fingerprint density at radius 1 is 1.44 bits per heavy atom. The molecule has 2 aromatic rings. The smallest absolute Gasteiger partial charge is 0.354 e. The SMILES string of the molecule is O=C(O)c1cc(C2CCOCC2)n2ncnc2n1. The van der Waals surface area contributed by atoms with Gasteiger partial charge in [-0.1, -0.05) is 0 Å². The number of carbonyl (C=O) groups is 1. The number of fused-ring (bicyclic) bond motifs is 1. The third-order valence-corrected chi connectivity index (χ3v) is 3.14. The Balaban J connectivity index is 2.12. The van der Waals surface area contributed by atoms with Crippen molar-refractivity contribution in [2.45, 2.75) is 18.8 Å². The van der Waals surface area contributed by atoms with Crippen molar-refractivity contribution in [3.05, 3.63) is 23.8 Å². The Labute approximate surface area is 102 Å². The lowest BCUT2D eigenvalue weighted by Gasteiger charge is -2.22. The third kappa shape index (κ3) is 1.82. The molecule has 0 atom stereocenters. The highest BCUT2D eigenvalue weighted by Crippen LogP contribution is 2.27. The average molecular weight is 248 g/mol. The Bertz CT molecular complexity index is 589. The molecule has 0 spiro atoms. The molecule has 3 heterocycles. The topological polar surface area (TPSA) is 89.6 Å². The van der Waals surface area contributed by atoms with Crippen molar-refractivity contribution in [1.29, 1.82) is 0 Å². The first-order valence-electron chi connectivity index (χ1n) is 5.77. The molecule has 0 amide bonds. The van der Waals surface area contributed by atoms with Gasteiger partial charge in [0.1, 0.15) is 6.33 Å². The normalized spacial score (nSPS) is 17.1. The van der Waals surface area contributed by atoms with E-state index in [0.29, 0.717) is 19.0 Å². The predicted octanol–water partition coefficient (Wildman–Crippen LogP) is 0.717. The van der Waals surface area contributed by atoms with E-state index in [1.54, 1.807) is 10.6 Å². The Morgan fingerprint density at radius 2 is 2.22 bits per heavy atom. The van der Waals surface area contributed by atoms with Gasteiger partial charge in [-0.15, -0.1) is 0 Å². The van der Waals surface area contributed by atoms with Crippen LogP contribution in [0.3, 0.4) is 0 Å². The maximum atomic E-state index is 11.1. The number of nitrogens with zero attached hydrogens (tertiary/aromatic N) is 4. The summed E-state index contributed by atoms with van der Waals surface area (Å²) in [5.74, 6) is -0.478. The van der Waals surface area contributed by atoms with Crippen LogP contribution in [0.25, 0.3) is 5.78 Å². The fraction of sp³-hybridized carbons (Fsp3) is 0.455. The molecule has 0 unspecified atom stereocenters. The van der Waals surface area contributed by atoms with Crippen molar-refractivity contribution in [3.63, 3.8) is 0 Å². The number of aromatic nitrogens is 4. The molecule has 3 rings (SSSR count). The lowest BCUT2D eigenvalue weighted by Crippen LogP contribution is -2.18. The Kier molecular flexibility index (Phi) is 2.67. The number of ether oxygens (including phenoxy) is 1. The van der Waals surface area contributed by atoms with Crippen molar-refractivity contribution >= 4 is 11.7 Å². The van der Waals surface area contributed by atoms with Crippen LogP contribution in [0.4, 0.5) is 0 Å². The van der Waals surface area contributed by atoms with Gasteiger partial charge in [-0.05, 0) is 18.9 Å². The van der Waals surface area contributed by atoms with Gasteiger partial charge in [0.05, 0.1) is 5.69 Å². The van der Waals surface area contributed by atoms with E-state index in [1.807, 2.05) is 0 Å². The molecule has 0 aromatic carbocycles. The van der Waals surface area contributed by atoms with Gasteiger partial charge in [-0.25, -0.2) is 14.3 Å². The highest BCUT2D eigenvalue weighted by atomic mass is 16.5. The molecule has 0 radical (unpaired) electrons. The van der Waals surface area contributed by atoms with Crippen LogP contribution in [0.15, 0.2) is 12.4 Å². The predicted molar refractivity (Wildman–Crippen MR) is 60.5 cm³/mol. The van der Waals surface area contributed by atoms with Crippen LogP contribution >= 0.6 is 0 Å². The van der Waals surface area contributed by atoms with E-state index in [0.717, 1.165) is 18.5 Å². The van der Waals surface area contributed by atoms with Gasteiger partial charge in [-0.2, -0.15) is 10.1 Å². The van der Waals surface area contributed by atoms with E-state index in [1.165, 1.54) is 6.33 Å². The van der Waals surface area contributed by atoms with Gasteiger partial charge < -0.3 is 9.84 Å². The van der Waals surface area contributed by atoms with Crippen LogP contribution in [0.5, 0.6) is 0 Å². The zero-order valence-corrected chi connectivity index (χ0v) is 9.61. The minimum absolute atomic E-state index is 0.0111. The van der Waals surface area contributed by atoms with E-state index in [-0.39, 0.29) is 11.6 Å². The average Bonchev–Trinajstić information content (AvgIpc) is 2.86. The molecule has 1 aliphatic rings. The first-order valence-corrected chi connectivity index (χ1v) is 5.77. The number of carboxylic acids is 1. The summed E-state index contributed by atoms with van der Waals surface area (Å²) in [6, 6.07) is 1.58. The maximum Gasteiger partial charge on any atom is 0.354 e. The van der Waals surface area contributed by atoms with Gasteiger partial charge in [-0.3, -0.25) is 0 Å². The molecule has 1 aliphatic heterocycles. The number of hydrogen-bond donors (Lipinski definition) is 1. The first kappa shape index (κ1) is 11.1. The summed E-state index contributed by atoms with van der Waals surface area (Å²) >= 11 is 0. The maximum absolute atomic E-state index is 11.1. The van der Waals surface area contributed by atoms with E-state index in [9.17, 15) is 4.79 Å². The minimum Gasteiger partial charge on any atom is -0.477 e. The minimum atomic E-state index is -1.05. The van der Waals surface area contributed by atoms with Gasteiger partial charge in [0, 0.05) is 19.1 Å². The standard InChI is InChI=1S/C11H12N4O3/c16-10(17)8-5-9(7-1-3-18-4-2-7)15-11(14-8)12-6-13-15/h5-7H,1-4H2,(H,16,17). The lowest BCUT2D eigenvalue weighted by molar-refractivity contribution is 0.0689. The monoisotopic (exact) mass is 248 g/mol. The second-order valence-electron chi connectivity index (χ2n) is 4.23. The van der Waals surface area contributed by atoms with Crippen molar-refractivity contribution in [2.24, 2.45) is 0 Å². The molecule has 0 bridgehead atoms. The van der Waals surface area contributed by atoms with Crippen molar-refractivity contribution in [2.75, 3.05) is 13.2 Å². The highest BCUT2D eigenvalue weighted by Gasteiger charge is 2.22. The Hall–Kier alpha value is -2.02. The van der Waals surface area contributed by atoms with Crippen LogP contribution in [0.2, 0.25) is 0 Å². The molecule has 7 heteroatoms. The fourth-order valence-electron chi connectivity index (χ4n) is 2.23. The molecule has 1 saturated heterocycles. The van der Waals surface area contributed by atoms with Gasteiger partial charge in [0.2, 0.25) is 0 Å². The largest absolute Gasteiger partial charge is 0.477 e. The zero-order valence-electron chi connectivity index (χ0n) is 9.61. The summed E-state index contributed by atoms with van der Waals surface area (Å²) in [5, 5.41) is 13.2. The Morgan fingerprint density at radius 3 is 2.94 bits per heavy atom. The summed E-state index contributed by atoms with van der Waals surface area (Å²) in [5.41, 5.74) is 0.857. The van der Waals surface area contributed by atoms with E-state index in [4.69, 9.17) is 9.84 Å². The van der Waals surface area contributed by atoms with Crippen LogP contribution in [-0.4, -0.2) is 43.9 Å². The number of hydrogen-bond acceptors (Lipinski definition) is 5. The quantitative estimate of drug-likeness (QED) is 0.842. The second kappa shape index (κ2) is 4.34. The summed E-state index contributed by atoms with van der Waals surface area (Å²) in [7, 11) is 0. The molecule has 7 nitrogen and oxygen atoms in total. The van der Waals surface area contributed by atoms with E-state index < -0.39 is 5.97 Å². The molecular formula is C11H12N4O3. The molecule has 18 heavy (non-hydrogen) atoms. The lowest BCUT2D eigenvalue weighted by atomic mass is 9.96. The summed E-state index contributed by atoms with van der Waals surface area (Å²) < 4.78 is 6.93. The van der Waals surface area contributed by atoms with Gasteiger partial charge in [0.25, 0.3) is 5.78 Å². The summed E-state index contributed by atoms with van der Waals surface area (Å²) in [6.07, 6.45) is 3.10. The number of aromatic carboxylic acids is 1. The van der Waals surface area contributed by atoms with Crippen LogP contribution in [-0.2, 0) is 4.74 Å². The first-order chi connectivity index (χ1) is 8.75. The molecule has 94 valence electrons. The van der Waals surface area contributed by atoms with Crippen molar-refractivity contribution in [1.82, 2.24) is 19.6 Å². The number of carboxylic acid groups (broad SMARTS) is 1. The van der Waals surface area contributed by atoms with Crippen LogP contribution < -0.4 is 0 Å². The number of rotatable bonds is 2. The van der Waals surface area contributed by atoms with Crippen molar-refractivity contribution in [3.8, 4) is 0 Å². The van der Waals surface area contributed by atoms with E-state index in [2.05, 4.69) is 15.1 Å². The third-order valence-electron chi connectivity index (χ3n) is 3.14. The van der Waals surface area contributed by atoms with Gasteiger partial charge >= 0.3 is 5.97 Å². The second-order valence-corrected chi connectivity index (χ2v) is 4.23. The van der Waals surface area contributed by atoms with E-state index >= 15 is 0 Å². The van der Waals surface area contributed by atoms with Gasteiger partial charge in [0.15, 0.2) is 5.69 Å². The highest BCUT2D eigenvalue weighted by molar-refractivity contribution is 5.85. The molecule has 2 aromatic heterocycles. The molecule has 1 N–H and O–H groups in total. The molecule has 0 aliphatic carbocycles. The molecular weight excluding hydrogens is 236 g/mol. The zero-order chi connectivity index (χ0) is 12.5. The fourth-order valence-corrected chi connectivity index (χ4v) is 2.23. The van der Waals surface area contributed by atoms with Crippen LogP contribution in [0.1, 0.15) is 34.9 Å². The van der Waals surface area contributed by atoms with Crippen molar-refractivity contribution < 1.29 is 14.6 Å². The summed E-state index contributed by atoms with van der Waals surface area (Å²) in [6.45, 7) is 1.37. The molecule has 1 fully saturated rings. The molecule has 0 saturated carbocycles. The van der Waals surface area contributed by atoms with Crippen LogP contribution in [0, 0.1) is 0 Å². The summed E-state index contributed by atoms with van der Waals surface area (Å²) in [4.78, 5) is 19.0.